The molecule has 3 aromatic rings. The molecule has 0 aliphatic carbocycles. The number of benzene rings is 3. The van der Waals surface area contributed by atoms with Crippen LogP contribution in [-0.4, -0.2) is 11.7 Å². The number of hydrogen-bond donors (Lipinski definition) is 1. The maximum absolute atomic E-state index is 12.7. The van der Waals surface area contributed by atoms with Crippen LogP contribution in [0.1, 0.15) is 27.9 Å². The van der Waals surface area contributed by atoms with Crippen molar-refractivity contribution in [2.75, 3.05) is 11.1 Å². The molecule has 0 atom stereocenters. The van der Waals surface area contributed by atoms with E-state index in [4.69, 9.17) is 10.00 Å². The summed E-state index contributed by atoms with van der Waals surface area (Å²) in [5.74, 6) is 1.14. The lowest BCUT2D eigenvalue weighted by Gasteiger charge is -2.11. The highest BCUT2D eigenvalue weighted by Gasteiger charge is 2.10. The molecule has 0 saturated heterocycles. The molecule has 1 N–H and O–H groups in total. The molecule has 5 heteroatoms. The van der Waals surface area contributed by atoms with Crippen molar-refractivity contribution in [2.45, 2.75) is 24.8 Å². The molecule has 29 heavy (non-hydrogen) atoms. The topological polar surface area (TPSA) is 62.1 Å². The normalized spacial score (nSPS) is 10.2. The number of hydrogen-bond acceptors (Lipinski definition) is 4. The van der Waals surface area contributed by atoms with E-state index in [2.05, 4.69) is 17.5 Å². The van der Waals surface area contributed by atoms with Crippen molar-refractivity contribution < 1.29 is 9.53 Å². The van der Waals surface area contributed by atoms with Crippen molar-refractivity contribution in [3.63, 3.8) is 0 Å². The third-order valence-electron chi connectivity index (χ3n) is 4.19. The maximum atomic E-state index is 12.7. The number of rotatable bonds is 8. The predicted octanol–water partition coefficient (Wildman–Crippen LogP) is 5.83. The summed E-state index contributed by atoms with van der Waals surface area (Å²) in [4.78, 5) is 13.7. The van der Waals surface area contributed by atoms with Crippen LogP contribution in [0.3, 0.4) is 0 Å². The molecule has 3 aromatic carbocycles. The molecule has 0 saturated carbocycles. The average molecular weight is 403 g/mol. The summed E-state index contributed by atoms with van der Waals surface area (Å²) in [6.07, 6.45) is 0.466. The van der Waals surface area contributed by atoms with Crippen LogP contribution in [-0.2, 0) is 6.61 Å². The second-order valence-corrected chi connectivity index (χ2v) is 7.65. The van der Waals surface area contributed by atoms with E-state index in [1.54, 1.807) is 23.9 Å². The Bertz CT molecular complexity index is 1030. The molecule has 0 aromatic heterocycles. The van der Waals surface area contributed by atoms with Gasteiger partial charge < -0.3 is 10.1 Å². The highest BCUT2D eigenvalue weighted by Crippen LogP contribution is 2.28. The van der Waals surface area contributed by atoms with Crippen LogP contribution in [0.25, 0.3) is 0 Å². The van der Waals surface area contributed by atoms with E-state index >= 15 is 0 Å². The van der Waals surface area contributed by atoms with E-state index in [1.165, 1.54) is 5.56 Å². The van der Waals surface area contributed by atoms with E-state index < -0.39 is 0 Å². The second kappa shape index (κ2) is 10.4. The van der Waals surface area contributed by atoms with Gasteiger partial charge in [0.2, 0.25) is 0 Å². The molecule has 0 heterocycles. The Balaban J connectivity index is 1.66. The summed E-state index contributed by atoms with van der Waals surface area (Å²) in [7, 11) is 0. The standard InChI is InChI=1S/C24H22N2O2S/c1-18-7-4-8-19(15-18)17-28-21-10-5-9-20(16-21)24(27)26-22-11-2-3-12-23(22)29-14-6-13-25/h2-5,7-12,15-16H,6,14,17H2,1H3,(H,26,27). The van der Waals surface area contributed by atoms with Crippen LogP contribution in [0.5, 0.6) is 5.75 Å². The molecular weight excluding hydrogens is 380 g/mol. The zero-order valence-corrected chi connectivity index (χ0v) is 17.0. The summed E-state index contributed by atoms with van der Waals surface area (Å²) in [6.45, 7) is 2.50. The van der Waals surface area contributed by atoms with Crippen LogP contribution in [0.2, 0.25) is 0 Å². The quantitative estimate of drug-likeness (QED) is 0.380. The maximum Gasteiger partial charge on any atom is 0.255 e. The zero-order chi connectivity index (χ0) is 20.5. The van der Waals surface area contributed by atoms with Gasteiger partial charge in [0.25, 0.3) is 5.91 Å². The fraction of sp³-hybridized carbons (Fsp3) is 0.167. The first-order valence-electron chi connectivity index (χ1n) is 9.34. The Kier molecular flexibility index (Phi) is 7.32. The van der Waals surface area contributed by atoms with Crippen molar-refractivity contribution in [1.82, 2.24) is 0 Å². The largest absolute Gasteiger partial charge is 0.489 e. The fourth-order valence-electron chi connectivity index (χ4n) is 2.79. The first-order valence-corrected chi connectivity index (χ1v) is 10.3. The molecule has 0 bridgehead atoms. The number of aryl methyl sites for hydroxylation is 1. The number of carbonyl (C=O) groups is 1. The number of anilines is 1. The van der Waals surface area contributed by atoms with Gasteiger partial charge in [-0.1, -0.05) is 48.0 Å². The molecule has 0 unspecified atom stereocenters. The minimum absolute atomic E-state index is 0.195. The molecule has 0 spiro atoms. The SMILES string of the molecule is Cc1cccc(COc2cccc(C(=O)Nc3ccccc3SCCC#N)c2)c1. The van der Waals surface area contributed by atoms with Crippen molar-refractivity contribution >= 4 is 23.4 Å². The number of nitrogens with zero attached hydrogens (tertiary/aromatic N) is 1. The van der Waals surface area contributed by atoms with Gasteiger partial charge in [-0.3, -0.25) is 4.79 Å². The summed E-state index contributed by atoms with van der Waals surface area (Å²) in [5, 5.41) is 11.7. The Morgan fingerprint density at radius 2 is 1.90 bits per heavy atom. The van der Waals surface area contributed by atoms with Gasteiger partial charge in [-0.05, 0) is 42.8 Å². The zero-order valence-electron chi connectivity index (χ0n) is 16.2. The number of amides is 1. The third-order valence-corrected chi connectivity index (χ3v) is 5.27. The van der Waals surface area contributed by atoms with Crippen LogP contribution >= 0.6 is 11.8 Å². The molecule has 0 radical (unpaired) electrons. The second-order valence-electron chi connectivity index (χ2n) is 6.51. The lowest BCUT2D eigenvalue weighted by atomic mass is 10.1. The Hall–Kier alpha value is -3.23. The number of thioether (sulfide) groups is 1. The van der Waals surface area contributed by atoms with Gasteiger partial charge in [0, 0.05) is 22.6 Å². The summed E-state index contributed by atoms with van der Waals surface area (Å²) in [5.41, 5.74) is 3.55. The lowest BCUT2D eigenvalue weighted by molar-refractivity contribution is 0.102. The Morgan fingerprint density at radius 3 is 2.72 bits per heavy atom. The molecule has 146 valence electrons. The molecular formula is C24H22N2O2S. The monoisotopic (exact) mass is 402 g/mol. The molecule has 0 fully saturated rings. The van der Waals surface area contributed by atoms with Crippen molar-refractivity contribution in [2.24, 2.45) is 0 Å². The van der Waals surface area contributed by atoms with Crippen LogP contribution in [0.4, 0.5) is 5.69 Å². The van der Waals surface area contributed by atoms with Gasteiger partial charge in [-0.25, -0.2) is 0 Å². The third kappa shape index (κ3) is 6.13. The van der Waals surface area contributed by atoms with Crippen molar-refractivity contribution in [3.8, 4) is 11.8 Å². The first-order chi connectivity index (χ1) is 14.2. The van der Waals surface area contributed by atoms with Crippen LogP contribution in [0.15, 0.2) is 77.7 Å². The highest BCUT2D eigenvalue weighted by atomic mass is 32.2. The van der Waals surface area contributed by atoms with E-state index in [9.17, 15) is 4.79 Å². The summed E-state index contributed by atoms with van der Waals surface area (Å²) < 4.78 is 5.86. The number of nitriles is 1. The molecule has 1 amide bonds. The van der Waals surface area contributed by atoms with E-state index in [0.29, 0.717) is 30.1 Å². The summed E-state index contributed by atoms with van der Waals surface area (Å²) in [6, 6.07) is 25.1. The molecule has 0 aliphatic rings. The number of carbonyl (C=O) groups excluding carboxylic acids is 1. The molecule has 0 aliphatic heterocycles. The number of nitrogens with one attached hydrogen (secondary N) is 1. The Morgan fingerprint density at radius 1 is 1.07 bits per heavy atom. The molecule has 4 nitrogen and oxygen atoms in total. The highest BCUT2D eigenvalue weighted by molar-refractivity contribution is 7.99. The van der Waals surface area contributed by atoms with E-state index in [1.807, 2.05) is 61.5 Å². The van der Waals surface area contributed by atoms with Gasteiger partial charge in [0.1, 0.15) is 12.4 Å². The predicted molar refractivity (Wildman–Crippen MR) is 117 cm³/mol. The fourth-order valence-corrected chi connectivity index (χ4v) is 3.66. The number of para-hydroxylation sites is 1. The van der Waals surface area contributed by atoms with Crippen LogP contribution < -0.4 is 10.1 Å². The van der Waals surface area contributed by atoms with Gasteiger partial charge in [-0.15, -0.1) is 11.8 Å². The Labute approximate surface area is 175 Å². The smallest absolute Gasteiger partial charge is 0.255 e. The van der Waals surface area contributed by atoms with E-state index in [0.717, 1.165) is 16.1 Å². The van der Waals surface area contributed by atoms with Gasteiger partial charge in [0.15, 0.2) is 0 Å². The van der Waals surface area contributed by atoms with Gasteiger partial charge in [-0.2, -0.15) is 5.26 Å². The minimum Gasteiger partial charge on any atom is -0.489 e. The van der Waals surface area contributed by atoms with Crippen molar-refractivity contribution in [3.05, 3.63) is 89.5 Å². The first kappa shape index (κ1) is 20.5. The van der Waals surface area contributed by atoms with Crippen molar-refractivity contribution in [1.29, 1.82) is 5.26 Å². The minimum atomic E-state index is -0.195. The molecule has 3 rings (SSSR count). The van der Waals surface area contributed by atoms with E-state index in [-0.39, 0.29) is 5.91 Å². The lowest BCUT2D eigenvalue weighted by Crippen LogP contribution is -2.12. The van der Waals surface area contributed by atoms with Gasteiger partial charge >= 0.3 is 0 Å². The summed E-state index contributed by atoms with van der Waals surface area (Å²) >= 11 is 1.56. The van der Waals surface area contributed by atoms with Crippen LogP contribution in [0, 0.1) is 18.3 Å². The van der Waals surface area contributed by atoms with Gasteiger partial charge in [0.05, 0.1) is 11.8 Å². The number of ether oxygens (including phenoxy) is 1. The average Bonchev–Trinajstić information content (AvgIpc) is 2.74.